The number of carbonyl (C=O) groups excluding carboxylic acids is 3. The Morgan fingerprint density at radius 3 is 2.21 bits per heavy atom. The highest BCUT2D eigenvalue weighted by molar-refractivity contribution is 5.93. The van der Waals surface area contributed by atoms with Crippen LogP contribution in [-0.4, -0.2) is 64.1 Å². The van der Waals surface area contributed by atoms with E-state index in [1.807, 2.05) is 0 Å². The maximum absolute atomic E-state index is 14.4. The molecule has 8 heteroatoms. The van der Waals surface area contributed by atoms with Crippen LogP contribution in [0.15, 0.2) is 36.5 Å². The van der Waals surface area contributed by atoms with E-state index in [9.17, 15) is 24.6 Å². The summed E-state index contributed by atoms with van der Waals surface area (Å²) in [5.41, 5.74) is -0.528. The van der Waals surface area contributed by atoms with Crippen LogP contribution < -0.4 is 0 Å². The van der Waals surface area contributed by atoms with Crippen LogP contribution in [0.1, 0.15) is 44.9 Å². The Labute approximate surface area is 221 Å². The van der Waals surface area contributed by atoms with Gasteiger partial charge in [0.25, 0.3) is 0 Å². The van der Waals surface area contributed by atoms with E-state index in [0.717, 1.165) is 5.57 Å². The molecule has 0 unspecified atom stereocenters. The van der Waals surface area contributed by atoms with Crippen molar-refractivity contribution >= 4 is 17.7 Å². The molecule has 202 valence electrons. The van der Waals surface area contributed by atoms with Gasteiger partial charge in [-0.05, 0) is 44.4 Å². The summed E-state index contributed by atoms with van der Waals surface area (Å²) in [7, 11) is 0. The minimum Gasteiger partial charge on any atom is -0.458 e. The molecule has 3 saturated heterocycles. The molecule has 3 heterocycles. The van der Waals surface area contributed by atoms with Crippen molar-refractivity contribution in [1.29, 1.82) is 0 Å². The topological polar surface area (TPSA) is 123 Å². The number of ether oxygens (including phenoxy) is 3. The third kappa shape index (κ3) is 2.32. The summed E-state index contributed by atoms with van der Waals surface area (Å²) in [6, 6.07) is 0. The molecule has 0 amide bonds. The maximum atomic E-state index is 14.4. The Balaban J connectivity index is 1.32. The van der Waals surface area contributed by atoms with Crippen molar-refractivity contribution in [3.63, 3.8) is 0 Å². The zero-order valence-electron chi connectivity index (χ0n) is 21.4. The molecule has 8 aliphatic rings. The van der Waals surface area contributed by atoms with Crippen molar-refractivity contribution in [3.05, 3.63) is 36.5 Å². The van der Waals surface area contributed by atoms with Crippen LogP contribution in [0.3, 0.4) is 0 Å². The lowest BCUT2D eigenvalue weighted by Gasteiger charge is -2.49. The molecule has 2 N–H and O–H groups in total. The van der Waals surface area contributed by atoms with Crippen molar-refractivity contribution in [1.82, 2.24) is 0 Å². The first-order valence-electron chi connectivity index (χ1n) is 14.1. The van der Waals surface area contributed by atoms with Gasteiger partial charge in [-0.1, -0.05) is 25.3 Å². The molecule has 0 aromatic heterocycles. The van der Waals surface area contributed by atoms with Gasteiger partial charge in [0, 0.05) is 65.1 Å². The summed E-state index contributed by atoms with van der Waals surface area (Å²) in [4.78, 5) is 39.7. The van der Waals surface area contributed by atoms with Crippen LogP contribution in [0, 0.1) is 46.8 Å². The molecule has 5 aliphatic carbocycles. The van der Waals surface area contributed by atoms with Gasteiger partial charge in [-0.3, -0.25) is 4.79 Å². The third-order valence-corrected chi connectivity index (χ3v) is 12.5. The first-order valence-corrected chi connectivity index (χ1v) is 14.1. The molecule has 0 aromatic carbocycles. The number of hydrogen-bond donors (Lipinski definition) is 2. The standard InChI is InChI=1S/C30H34O8/c1-12-4-5-15-13(2)26(34)36-23(15)20-17(12)10-19(32)29(20)9-8-28-7-6-16-14(3)27(35)37-24(16)21-18(11-31)22(33)25(29)30(21,28)38-28/h15-18,20-25,31,33H,1-11H2/t15-,16-,17-,18-,20-,21+,22-,23-,24-,25-,28-,29+,30+/m0/s1. The quantitative estimate of drug-likeness (QED) is 0.232. The van der Waals surface area contributed by atoms with Gasteiger partial charge in [-0.2, -0.15) is 0 Å². The zero-order valence-corrected chi connectivity index (χ0v) is 21.4. The number of allylic oxidation sites excluding steroid dienone is 1. The van der Waals surface area contributed by atoms with Gasteiger partial charge in [0.2, 0.25) is 0 Å². The van der Waals surface area contributed by atoms with Crippen molar-refractivity contribution in [2.45, 2.75) is 74.5 Å². The molecule has 0 bridgehead atoms. The van der Waals surface area contributed by atoms with E-state index >= 15 is 0 Å². The van der Waals surface area contributed by atoms with Crippen LogP contribution in [0.5, 0.6) is 0 Å². The summed E-state index contributed by atoms with van der Waals surface area (Å²) in [6.07, 6.45) is 2.14. The fourth-order valence-electron chi connectivity index (χ4n) is 11.0. The van der Waals surface area contributed by atoms with Gasteiger partial charge in [0.15, 0.2) is 0 Å². The lowest BCUT2D eigenvalue weighted by Crippen LogP contribution is -2.59. The number of esters is 2. The Hall–Kier alpha value is -2.29. The van der Waals surface area contributed by atoms with Crippen molar-refractivity contribution < 1.29 is 38.8 Å². The van der Waals surface area contributed by atoms with Crippen LogP contribution in [0.4, 0.5) is 0 Å². The first kappa shape index (κ1) is 23.6. The SMILES string of the molecule is C=C1C(=O)O[C@@H]2[C@@H]3[C@@H](CC(=O)[C@]34CC[C@@]35CC[C@H]6C(=C)C(=O)O[C@@H]6[C@H]6[C@H](CO)[C@H](O)[C@@H]4[C@]63O5)C(=C)CC[C@@H]12. The lowest BCUT2D eigenvalue weighted by molar-refractivity contribution is -0.156. The second-order valence-electron chi connectivity index (χ2n) is 13.3. The number of carbonyl (C=O) groups is 3. The van der Waals surface area contributed by atoms with Gasteiger partial charge < -0.3 is 24.4 Å². The summed E-state index contributed by atoms with van der Waals surface area (Å²) < 4.78 is 18.7. The molecule has 13 atom stereocenters. The van der Waals surface area contributed by atoms with Gasteiger partial charge >= 0.3 is 11.9 Å². The second-order valence-corrected chi connectivity index (χ2v) is 13.3. The van der Waals surface area contributed by atoms with E-state index in [0.29, 0.717) is 56.1 Å². The molecular weight excluding hydrogens is 488 g/mol. The third-order valence-electron chi connectivity index (χ3n) is 12.5. The molecule has 8 nitrogen and oxygen atoms in total. The van der Waals surface area contributed by atoms with E-state index in [4.69, 9.17) is 14.2 Å². The highest BCUT2D eigenvalue weighted by Crippen LogP contribution is 2.81. The summed E-state index contributed by atoms with van der Waals surface area (Å²) in [6.45, 7) is 12.1. The molecule has 8 fully saturated rings. The average Bonchev–Trinajstić information content (AvgIpc) is 3.16. The second kappa shape index (κ2) is 7.07. The highest BCUT2D eigenvalue weighted by atomic mass is 16.6. The number of Topliss-reactive ketones (excluding diaryl/α,β-unsaturated/α-hetero) is 1. The summed E-state index contributed by atoms with van der Waals surface area (Å²) in [5.74, 6) is -3.30. The molecular formula is C30H34O8. The Bertz CT molecular complexity index is 1250. The Morgan fingerprint density at radius 1 is 0.868 bits per heavy atom. The first-order chi connectivity index (χ1) is 18.1. The number of aliphatic hydroxyl groups is 2. The van der Waals surface area contributed by atoms with Gasteiger partial charge in [0.05, 0.1) is 11.7 Å². The minimum absolute atomic E-state index is 0.0661. The smallest absolute Gasteiger partial charge is 0.334 e. The van der Waals surface area contributed by atoms with E-state index in [1.54, 1.807) is 0 Å². The number of fused-ring (bicyclic) bond motifs is 7. The molecule has 2 spiro atoms. The molecule has 38 heavy (non-hydrogen) atoms. The van der Waals surface area contributed by atoms with E-state index in [1.165, 1.54) is 0 Å². The fourth-order valence-corrected chi connectivity index (χ4v) is 11.0. The van der Waals surface area contributed by atoms with E-state index in [-0.39, 0.29) is 36.1 Å². The molecule has 5 saturated carbocycles. The minimum atomic E-state index is -1.03. The van der Waals surface area contributed by atoms with Gasteiger partial charge in [-0.15, -0.1) is 0 Å². The summed E-state index contributed by atoms with van der Waals surface area (Å²) >= 11 is 0. The van der Waals surface area contributed by atoms with Crippen molar-refractivity contribution in [2.75, 3.05) is 6.61 Å². The summed E-state index contributed by atoms with van der Waals surface area (Å²) in [5, 5.41) is 22.7. The number of rotatable bonds is 1. The zero-order chi connectivity index (χ0) is 26.5. The predicted molar refractivity (Wildman–Crippen MR) is 131 cm³/mol. The normalized spacial score (nSPS) is 55.9. The van der Waals surface area contributed by atoms with Gasteiger partial charge in [0.1, 0.15) is 23.6 Å². The number of aliphatic hydroxyl groups excluding tert-OH is 2. The maximum Gasteiger partial charge on any atom is 0.334 e. The number of ketones is 1. The van der Waals surface area contributed by atoms with Crippen molar-refractivity contribution in [3.8, 4) is 0 Å². The van der Waals surface area contributed by atoms with Crippen LogP contribution >= 0.6 is 0 Å². The predicted octanol–water partition coefficient (Wildman–Crippen LogP) is 2.03. The number of hydrogen-bond acceptors (Lipinski definition) is 8. The molecule has 0 radical (unpaired) electrons. The van der Waals surface area contributed by atoms with Crippen LogP contribution in [0.25, 0.3) is 0 Å². The fraction of sp³-hybridized carbons (Fsp3) is 0.700. The van der Waals surface area contributed by atoms with E-state index < -0.39 is 64.6 Å². The highest BCUT2D eigenvalue weighted by Gasteiger charge is 2.90. The molecule has 8 rings (SSSR count). The van der Waals surface area contributed by atoms with Crippen LogP contribution in [0.2, 0.25) is 0 Å². The Morgan fingerprint density at radius 2 is 1.53 bits per heavy atom. The monoisotopic (exact) mass is 522 g/mol. The van der Waals surface area contributed by atoms with E-state index in [2.05, 4.69) is 19.7 Å². The Kier molecular flexibility index (Phi) is 4.39. The molecule has 3 aliphatic heterocycles. The average molecular weight is 523 g/mol. The van der Waals surface area contributed by atoms with Gasteiger partial charge in [-0.25, -0.2) is 9.59 Å². The van der Waals surface area contributed by atoms with Crippen molar-refractivity contribution in [2.24, 2.45) is 46.8 Å². The largest absolute Gasteiger partial charge is 0.458 e. The van der Waals surface area contributed by atoms with Crippen LogP contribution in [-0.2, 0) is 28.6 Å². The lowest BCUT2D eigenvalue weighted by atomic mass is 9.51. The number of epoxide rings is 1. The molecule has 0 aromatic rings.